The van der Waals surface area contributed by atoms with Crippen molar-refractivity contribution < 1.29 is 0 Å². The van der Waals surface area contributed by atoms with Gasteiger partial charge in [-0.05, 0) is 30.5 Å². The Morgan fingerprint density at radius 3 is 2.70 bits per heavy atom. The molecule has 2 aromatic heterocycles. The minimum absolute atomic E-state index is 0.552. The Labute approximate surface area is 136 Å². The molecule has 120 valence electrons. The van der Waals surface area contributed by atoms with E-state index < -0.39 is 0 Å². The molecule has 0 saturated carbocycles. The highest BCUT2D eigenvalue weighted by Gasteiger charge is 2.10. The standard InChI is InChI=1S/C18H23N5/c1-3-4-9-20-18-13(2)10-17-21-12-16(23(17)22-18)15-7-5-14(11-19)6-8-15/h5-8,10,12H,3-4,9,11,19H2,1-2H3,(H,20,22). The zero-order valence-electron chi connectivity index (χ0n) is 13.7. The van der Waals surface area contributed by atoms with Gasteiger partial charge in [-0.1, -0.05) is 37.6 Å². The summed E-state index contributed by atoms with van der Waals surface area (Å²) in [5.41, 5.74) is 10.8. The van der Waals surface area contributed by atoms with E-state index in [2.05, 4.69) is 42.3 Å². The largest absolute Gasteiger partial charge is 0.368 e. The third-order valence-electron chi connectivity index (χ3n) is 3.99. The number of rotatable bonds is 6. The van der Waals surface area contributed by atoms with Gasteiger partial charge in [0.1, 0.15) is 5.82 Å². The Bertz CT molecular complexity index is 789. The van der Waals surface area contributed by atoms with Crippen LogP contribution in [-0.4, -0.2) is 21.1 Å². The minimum atomic E-state index is 0.552. The number of anilines is 1. The first-order valence-corrected chi connectivity index (χ1v) is 8.11. The van der Waals surface area contributed by atoms with Crippen LogP contribution in [0.4, 0.5) is 5.82 Å². The maximum absolute atomic E-state index is 5.67. The first kappa shape index (κ1) is 15.5. The molecule has 0 bridgehead atoms. The number of benzene rings is 1. The van der Waals surface area contributed by atoms with Gasteiger partial charge in [-0.15, -0.1) is 5.10 Å². The minimum Gasteiger partial charge on any atom is -0.368 e. The highest BCUT2D eigenvalue weighted by Crippen LogP contribution is 2.23. The summed E-state index contributed by atoms with van der Waals surface area (Å²) in [5, 5.41) is 8.16. The predicted octanol–water partition coefficient (Wildman–Crippen LogP) is 3.38. The van der Waals surface area contributed by atoms with Crippen LogP contribution in [0.1, 0.15) is 30.9 Å². The summed E-state index contributed by atoms with van der Waals surface area (Å²) in [6.07, 6.45) is 4.17. The molecule has 3 rings (SSSR count). The highest BCUT2D eigenvalue weighted by atomic mass is 15.3. The molecule has 1 aromatic carbocycles. The van der Waals surface area contributed by atoms with Gasteiger partial charge in [0.05, 0.1) is 11.9 Å². The van der Waals surface area contributed by atoms with Crippen molar-refractivity contribution in [3.8, 4) is 11.3 Å². The van der Waals surface area contributed by atoms with Crippen LogP contribution in [0.25, 0.3) is 16.9 Å². The fourth-order valence-electron chi connectivity index (χ4n) is 2.57. The average molecular weight is 309 g/mol. The number of aryl methyl sites for hydroxylation is 1. The average Bonchev–Trinajstić information content (AvgIpc) is 2.98. The molecule has 0 aliphatic rings. The van der Waals surface area contributed by atoms with Crippen molar-refractivity contribution >= 4 is 11.5 Å². The van der Waals surface area contributed by atoms with E-state index in [0.717, 1.165) is 53.2 Å². The van der Waals surface area contributed by atoms with E-state index in [0.29, 0.717) is 6.54 Å². The normalized spacial score (nSPS) is 11.1. The van der Waals surface area contributed by atoms with Crippen molar-refractivity contribution in [2.75, 3.05) is 11.9 Å². The van der Waals surface area contributed by atoms with Crippen LogP contribution >= 0.6 is 0 Å². The number of hydrogen-bond acceptors (Lipinski definition) is 4. The van der Waals surface area contributed by atoms with Crippen LogP contribution < -0.4 is 11.1 Å². The van der Waals surface area contributed by atoms with Crippen LogP contribution in [0.15, 0.2) is 36.5 Å². The summed E-state index contributed by atoms with van der Waals surface area (Å²) in [6.45, 7) is 5.73. The summed E-state index contributed by atoms with van der Waals surface area (Å²) in [5.74, 6) is 0.920. The number of nitrogens with two attached hydrogens (primary N) is 1. The molecule has 0 saturated heterocycles. The summed E-state index contributed by atoms with van der Waals surface area (Å²) in [4.78, 5) is 4.48. The molecule has 3 N–H and O–H groups in total. The lowest BCUT2D eigenvalue weighted by Gasteiger charge is -2.10. The smallest absolute Gasteiger partial charge is 0.154 e. The van der Waals surface area contributed by atoms with Crippen LogP contribution in [0.2, 0.25) is 0 Å². The van der Waals surface area contributed by atoms with E-state index in [-0.39, 0.29) is 0 Å². The van der Waals surface area contributed by atoms with Crippen molar-refractivity contribution in [2.45, 2.75) is 33.2 Å². The summed E-state index contributed by atoms with van der Waals surface area (Å²) >= 11 is 0. The number of aromatic nitrogens is 3. The lowest BCUT2D eigenvalue weighted by molar-refractivity contribution is 0.821. The van der Waals surface area contributed by atoms with E-state index >= 15 is 0 Å². The third-order valence-corrected chi connectivity index (χ3v) is 3.99. The molecule has 3 aromatic rings. The maximum atomic E-state index is 5.67. The van der Waals surface area contributed by atoms with Gasteiger partial charge in [0, 0.05) is 18.7 Å². The van der Waals surface area contributed by atoms with Crippen LogP contribution in [-0.2, 0) is 6.54 Å². The summed E-state index contributed by atoms with van der Waals surface area (Å²) in [6, 6.07) is 10.3. The molecule has 0 unspecified atom stereocenters. The van der Waals surface area contributed by atoms with Crippen LogP contribution in [0.5, 0.6) is 0 Å². The van der Waals surface area contributed by atoms with Crippen molar-refractivity contribution in [1.82, 2.24) is 14.6 Å². The Morgan fingerprint density at radius 1 is 1.22 bits per heavy atom. The van der Waals surface area contributed by atoms with Crippen molar-refractivity contribution in [2.24, 2.45) is 5.73 Å². The first-order chi connectivity index (χ1) is 11.2. The molecule has 0 aliphatic heterocycles. The van der Waals surface area contributed by atoms with Crippen LogP contribution in [0, 0.1) is 6.92 Å². The molecule has 0 fully saturated rings. The van der Waals surface area contributed by atoms with Gasteiger partial charge in [0.15, 0.2) is 5.65 Å². The van der Waals surface area contributed by atoms with E-state index in [4.69, 9.17) is 10.8 Å². The number of unbranched alkanes of at least 4 members (excludes halogenated alkanes) is 1. The van der Waals surface area contributed by atoms with Crippen molar-refractivity contribution in [1.29, 1.82) is 0 Å². The Balaban J connectivity index is 1.98. The Hall–Kier alpha value is -2.40. The van der Waals surface area contributed by atoms with Gasteiger partial charge in [0.2, 0.25) is 0 Å². The van der Waals surface area contributed by atoms with Gasteiger partial charge in [-0.3, -0.25) is 0 Å². The summed E-state index contributed by atoms with van der Waals surface area (Å²) in [7, 11) is 0. The second kappa shape index (κ2) is 6.79. The van der Waals surface area contributed by atoms with E-state index in [9.17, 15) is 0 Å². The van der Waals surface area contributed by atoms with E-state index in [1.54, 1.807) is 0 Å². The van der Waals surface area contributed by atoms with E-state index in [1.165, 1.54) is 0 Å². The molecule has 0 atom stereocenters. The number of fused-ring (bicyclic) bond motifs is 1. The lowest BCUT2D eigenvalue weighted by Crippen LogP contribution is -2.08. The number of nitrogens with zero attached hydrogens (tertiary/aromatic N) is 3. The predicted molar refractivity (Wildman–Crippen MR) is 94.4 cm³/mol. The second-order valence-electron chi connectivity index (χ2n) is 5.77. The zero-order chi connectivity index (χ0) is 16.2. The van der Waals surface area contributed by atoms with Crippen molar-refractivity contribution in [3.05, 3.63) is 47.7 Å². The number of hydrogen-bond donors (Lipinski definition) is 2. The van der Waals surface area contributed by atoms with E-state index in [1.807, 2.05) is 22.8 Å². The molecular formula is C18H23N5. The van der Waals surface area contributed by atoms with Crippen molar-refractivity contribution in [3.63, 3.8) is 0 Å². The molecule has 2 heterocycles. The van der Waals surface area contributed by atoms with Gasteiger partial charge in [-0.2, -0.15) is 0 Å². The van der Waals surface area contributed by atoms with Gasteiger partial charge < -0.3 is 11.1 Å². The zero-order valence-corrected chi connectivity index (χ0v) is 13.7. The summed E-state index contributed by atoms with van der Waals surface area (Å²) < 4.78 is 1.90. The third kappa shape index (κ3) is 3.19. The lowest BCUT2D eigenvalue weighted by atomic mass is 10.1. The number of nitrogens with one attached hydrogen (secondary N) is 1. The molecule has 23 heavy (non-hydrogen) atoms. The quantitative estimate of drug-likeness (QED) is 0.685. The Morgan fingerprint density at radius 2 is 2.00 bits per heavy atom. The monoisotopic (exact) mass is 309 g/mol. The topological polar surface area (TPSA) is 68.2 Å². The van der Waals surface area contributed by atoms with Crippen LogP contribution in [0.3, 0.4) is 0 Å². The van der Waals surface area contributed by atoms with Gasteiger partial charge in [-0.25, -0.2) is 9.50 Å². The van der Waals surface area contributed by atoms with Gasteiger partial charge in [0.25, 0.3) is 0 Å². The molecule has 0 amide bonds. The molecule has 0 radical (unpaired) electrons. The molecule has 5 nitrogen and oxygen atoms in total. The molecule has 0 aliphatic carbocycles. The second-order valence-corrected chi connectivity index (χ2v) is 5.77. The first-order valence-electron chi connectivity index (χ1n) is 8.11. The molecule has 0 spiro atoms. The molecular weight excluding hydrogens is 286 g/mol. The SMILES string of the molecule is CCCCNc1nn2c(-c3ccc(CN)cc3)cnc2cc1C. The fourth-order valence-corrected chi connectivity index (χ4v) is 2.57. The van der Waals surface area contributed by atoms with Gasteiger partial charge >= 0.3 is 0 Å². The Kier molecular flexibility index (Phi) is 4.57. The fraction of sp³-hybridized carbons (Fsp3) is 0.333. The number of imidazole rings is 1. The molecule has 5 heteroatoms. The highest BCUT2D eigenvalue weighted by molar-refractivity contribution is 5.64. The maximum Gasteiger partial charge on any atom is 0.154 e.